The maximum atomic E-state index is 10.5. The minimum absolute atomic E-state index is 0.124. The Morgan fingerprint density at radius 1 is 1.15 bits per heavy atom. The zero-order chi connectivity index (χ0) is 10.3. The van der Waals surface area contributed by atoms with Crippen molar-refractivity contribution in [2.24, 2.45) is 5.73 Å². The average molecular weight is 188 g/mol. The highest BCUT2D eigenvalue weighted by Crippen LogP contribution is 1.78. The Kier molecular flexibility index (Phi) is 5.82. The van der Waals surface area contributed by atoms with Gasteiger partial charge < -0.3 is 16.4 Å². The van der Waals surface area contributed by atoms with E-state index in [1.54, 1.807) is 4.90 Å². The molecule has 0 aromatic heterocycles. The van der Waals surface area contributed by atoms with Crippen LogP contribution in [0.15, 0.2) is 0 Å². The van der Waals surface area contributed by atoms with Gasteiger partial charge in [0.2, 0.25) is 11.8 Å². The minimum Gasteiger partial charge on any atom is -0.343 e. The van der Waals surface area contributed by atoms with E-state index in [2.05, 4.69) is 10.6 Å². The molecule has 0 unspecified atom stereocenters. The number of nitrogens with zero attached hydrogens (tertiary/aromatic N) is 1. The van der Waals surface area contributed by atoms with Crippen LogP contribution in [0.1, 0.15) is 13.8 Å². The van der Waals surface area contributed by atoms with Gasteiger partial charge in [-0.3, -0.25) is 14.5 Å². The Bertz CT molecular complexity index is 165. The van der Waals surface area contributed by atoms with Crippen LogP contribution in [0.3, 0.4) is 0 Å². The van der Waals surface area contributed by atoms with Crippen LogP contribution < -0.4 is 16.4 Å². The number of hydrogen-bond acceptors (Lipinski definition) is 4. The Labute approximate surface area is 77.5 Å². The first-order valence-corrected chi connectivity index (χ1v) is 3.97. The lowest BCUT2D eigenvalue weighted by atomic mass is 10.6. The largest absolute Gasteiger partial charge is 0.343 e. The summed E-state index contributed by atoms with van der Waals surface area (Å²) >= 11 is 0. The highest BCUT2D eigenvalue weighted by molar-refractivity contribution is 5.73. The molecule has 0 aliphatic heterocycles. The van der Waals surface area contributed by atoms with Crippen molar-refractivity contribution in [1.82, 2.24) is 15.5 Å². The van der Waals surface area contributed by atoms with Crippen molar-refractivity contribution in [3.8, 4) is 0 Å². The van der Waals surface area contributed by atoms with E-state index in [0.717, 1.165) is 0 Å². The molecule has 0 aromatic carbocycles. The fourth-order valence-corrected chi connectivity index (χ4v) is 0.631. The number of nitrogens with one attached hydrogen (secondary N) is 2. The monoisotopic (exact) mass is 188 g/mol. The number of carbonyl (C=O) groups excluding carboxylic acids is 2. The van der Waals surface area contributed by atoms with Gasteiger partial charge in [-0.05, 0) is 0 Å². The summed E-state index contributed by atoms with van der Waals surface area (Å²) in [5.41, 5.74) is 5.37. The molecular formula is C7H16N4O2. The summed E-state index contributed by atoms with van der Waals surface area (Å²) in [5.74, 6) is -0.248. The van der Waals surface area contributed by atoms with Crippen LogP contribution in [0.5, 0.6) is 0 Å². The first-order valence-electron chi connectivity index (χ1n) is 3.97. The molecule has 0 atom stereocenters. The first-order chi connectivity index (χ1) is 6.06. The van der Waals surface area contributed by atoms with Crippen LogP contribution in [-0.2, 0) is 9.59 Å². The van der Waals surface area contributed by atoms with E-state index in [1.165, 1.54) is 13.8 Å². The molecule has 0 rings (SSSR count). The molecule has 0 aromatic rings. The zero-order valence-corrected chi connectivity index (χ0v) is 7.96. The second-order valence-corrected chi connectivity index (χ2v) is 2.64. The first kappa shape index (κ1) is 11.9. The fraction of sp³-hybridized carbons (Fsp3) is 0.714. The molecule has 76 valence electrons. The van der Waals surface area contributed by atoms with Crippen LogP contribution in [0, 0.1) is 0 Å². The Balaban J connectivity index is 3.63. The van der Waals surface area contributed by atoms with E-state index >= 15 is 0 Å². The molecule has 0 radical (unpaired) electrons. The number of rotatable bonds is 5. The Morgan fingerprint density at radius 3 is 1.77 bits per heavy atom. The van der Waals surface area contributed by atoms with Crippen LogP contribution in [0.25, 0.3) is 0 Å². The molecule has 2 amide bonds. The maximum absolute atomic E-state index is 10.5. The van der Waals surface area contributed by atoms with Gasteiger partial charge in [-0.15, -0.1) is 0 Å². The van der Waals surface area contributed by atoms with Crippen molar-refractivity contribution in [1.29, 1.82) is 0 Å². The van der Waals surface area contributed by atoms with Gasteiger partial charge in [0, 0.05) is 20.5 Å². The topological polar surface area (TPSA) is 87.5 Å². The van der Waals surface area contributed by atoms with Crippen molar-refractivity contribution in [3.05, 3.63) is 0 Å². The molecule has 0 fully saturated rings. The molecule has 6 nitrogen and oxygen atoms in total. The normalized spacial score (nSPS) is 9.85. The summed E-state index contributed by atoms with van der Waals surface area (Å²) in [6.45, 7) is 3.80. The number of nitrogens with two attached hydrogens (primary N) is 1. The predicted molar refractivity (Wildman–Crippen MR) is 48.3 cm³/mol. The average Bonchev–Trinajstić information content (AvgIpc) is 2.04. The molecule has 4 N–H and O–H groups in total. The summed E-state index contributed by atoms with van der Waals surface area (Å²) in [6.07, 6.45) is 0. The zero-order valence-electron chi connectivity index (χ0n) is 7.96. The Hall–Kier alpha value is -1.14. The Morgan fingerprint density at radius 2 is 1.54 bits per heavy atom. The molecule has 0 aliphatic carbocycles. The van der Waals surface area contributed by atoms with Gasteiger partial charge >= 0.3 is 0 Å². The molecule has 0 saturated carbocycles. The van der Waals surface area contributed by atoms with E-state index in [9.17, 15) is 9.59 Å². The smallest absolute Gasteiger partial charge is 0.217 e. The maximum Gasteiger partial charge on any atom is 0.217 e. The standard InChI is InChI=1S/C7H16N4O2/c1-6(12)9-4-11(3-8)5-10-7(2)13/h3-5,8H2,1-2H3,(H,9,12)(H,10,13). The van der Waals surface area contributed by atoms with Gasteiger partial charge in [0.15, 0.2) is 0 Å². The summed E-state index contributed by atoms with van der Waals surface area (Å²) in [7, 11) is 0. The van der Waals surface area contributed by atoms with Gasteiger partial charge in [-0.1, -0.05) is 0 Å². The minimum atomic E-state index is -0.124. The highest BCUT2D eigenvalue weighted by atomic mass is 16.2. The molecule has 13 heavy (non-hydrogen) atoms. The van der Waals surface area contributed by atoms with Crippen molar-refractivity contribution in [3.63, 3.8) is 0 Å². The number of hydrogen-bond donors (Lipinski definition) is 3. The molecule has 0 spiro atoms. The second-order valence-electron chi connectivity index (χ2n) is 2.64. The SMILES string of the molecule is CC(=O)NCN(CN)CNC(C)=O. The van der Waals surface area contributed by atoms with E-state index in [0.29, 0.717) is 13.3 Å². The van der Waals surface area contributed by atoms with Gasteiger partial charge in [0.25, 0.3) is 0 Å². The van der Waals surface area contributed by atoms with E-state index < -0.39 is 0 Å². The molecule has 0 bridgehead atoms. The lowest BCUT2D eigenvalue weighted by Crippen LogP contribution is -2.45. The summed E-state index contributed by atoms with van der Waals surface area (Å²) < 4.78 is 0. The van der Waals surface area contributed by atoms with Gasteiger partial charge in [-0.25, -0.2) is 0 Å². The fourth-order valence-electron chi connectivity index (χ4n) is 0.631. The summed E-state index contributed by atoms with van der Waals surface area (Å²) in [4.78, 5) is 22.8. The third-order valence-electron chi connectivity index (χ3n) is 1.36. The number of carbonyl (C=O) groups is 2. The van der Waals surface area contributed by atoms with E-state index in [4.69, 9.17) is 5.73 Å². The lowest BCUT2D eigenvalue weighted by molar-refractivity contribution is -0.119. The highest BCUT2D eigenvalue weighted by Gasteiger charge is 2.02. The molecule has 0 heterocycles. The van der Waals surface area contributed by atoms with E-state index in [-0.39, 0.29) is 18.5 Å². The van der Waals surface area contributed by atoms with Crippen molar-refractivity contribution >= 4 is 11.8 Å². The second kappa shape index (κ2) is 6.38. The van der Waals surface area contributed by atoms with Crippen LogP contribution in [-0.4, -0.2) is 36.7 Å². The quantitative estimate of drug-likeness (QED) is 0.453. The van der Waals surface area contributed by atoms with Crippen molar-refractivity contribution in [2.45, 2.75) is 13.8 Å². The third-order valence-corrected chi connectivity index (χ3v) is 1.36. The molecule has 0 aliphatic rings. The van der Waals surface area contributed by atoms with Crippen molar-refractivity contribution in [2.75, 3.05) is 20.0 Å². The van der Waals surface area contributed by atoms with Crippen LogP contribution >= 0.6 is 0 Å². The summed E-state index contributed by atoms with van der Waals surface area (Å²) in [6, 6.07) is 0. The molecule has 6 heteroatoms. The van der Waals surface area contributed by atoms with Gasteiger partial charge in [0.05, 0.1) is 13.3 Å². The molecular weight excluding hydrogens is 172 g/mol. The van der Waals surface area contributed by atoms with Gasteiger partial charge in [-0.2, -0.15) is 0 Å². The number of amides is 2. The molecule has 0 saturated heterocycles. The van der Waals surface area contributed by atoms with Crippen molar-refractivity contribution < 1.29 is 9.59 Å². The van der Waals surface area contributed by atoms with Crippen LogP contribution in [0.4, 0.5) is 0 Å². The predicted octanol–water partition coefficient (Wildman–Crippen LogP) is -1.61. The van der Waals surface area contributed by atoms with E-state index in [1.807, 2.05) is 0 Å². The van der Waals surface area contributed by atoms with Gasteiger partial charge in [0.1, 0.15) is 0 Å². The lowest BCUT2D eigenvalue weighted by Gasteiger charge is -2.19. The third kappa shape index (κ3) is 7.23. The van der Waals surface area contributed by atoms with Crippen LogP contribution in [0.2, 0.25) is 0 Å². The summed E-state index contributed by atoms with van der Waals surface area (Å²) in [5, 5.41) is 5.15.